The van der Waals surface area contributed by atoms with Crippen molar-refractivity contribution < 1.29 is 4.39 Å². The number of H-pyrrole nitrogens is 1. The van der Waals surface area contributed by atoms with Crippen LogP contribution < -0.4 is 5.73 Å². The Morgan fingerprint density at radius 1 is 1.46 bits per heavy atom. The lowest BCUT2D eigenvalue weighted by Gasteiger charge is -1.93. The Hall–Kier alpha value is -1.42. The maximum atomic E-state index is 13.1. The summed E-state index contributed by atoms with van der Waals surface area (Å²) in [4.78, 5) is 0. The highest BCUT2D eigenvalue weighted by atomic mass is 19.1. The molecular weight excluding hydrogens is 169 g/mol. The fourth-order valence-corrected chi connectivity index (χ4v) is 1.39. The Kier molecular flexibility index (Phi) is 1.98. The molecule has 4 heteroatoms. The maximum Gasteiger partial charge on any atom is 0.151 e. The fraction of sp³-hybridized carbons (Fsp3) is 0.222. The van der Waals surface area contributed by atoms with Crippen molar-refractivity contribution in [2.75, 3.05) is 6.54 Å². The zero-order valence-electron chi connectivity index (χ0n) is 7.05. The van der Waals surface area contributed by atoms with Crippen LogP contribution in [-0.2, 0) is 6.42 Å². The molecule has 1 aromatic heterocycles. The maximum absolute atomic E-state index is 13.1. The summed E-state index contributed by atoms with van der Waals surface area (Å²) in [6.45, 7) is 0.536. The molecule has 2 rings (SSSR count). The zero-order valence-corrected chi connectivity index (χ0v) is 7.05. The molecule has 0 aliphatic heterocycles. The van der Waals surface area contributed by atoms with Gasteiger partial charge >= 0.3 is 0 Å². The lowest BCUT2D eigenvalue weighted by atomic mass is 10.1. The standard InChI is InChI=1S/C9H10FN3/c10-7-3-1-2-6-8(4-5-11)12-13-9(6)7/h1-3H,4-5,11H2,(H,12,13). The Balaban J connectivity index is 2.61. The van der Waals surface area contributed by atoms with E-state index < -0.39 is 0 Å². The molecule has 13 heavy (non-hydrogen) atoms. The summed E-state index contributed by atoms with van der Waals surface area (Å²) in [6, 6.07) is 4.91. The van der Waals surface area contributed by atoms with Gasteiger partial charge in [0.15, 0.2) is 5.82 Å². The van der Waals surface area contributed by atoms with E-state index in [1.807, 2.05) is 6.07 Å². The molecule has 0 spiro atoms. The fourth-order valence-electron chi connectivity index (χ4n) is 1.39. The molecule has 2 aromatic rings. The van der Waals surface area contributed by atoms with Gasteiger partial charge < -0.3 is 5.73 Å². The second kappa shape index (κ2) is 3.14. The summed E-state index contributed by atoms with van der Waals surface area (Å²) in [7, 11) is 0. The molecule has 1 heterocycles. The first-order valence-electron chi connectivity index (χ1n) is 4.14. The molecule has 0 radical (unpaired) electrons. The van der Waals surface area contributed by atoms with Crippen LogP contribution >= 0.6 is 0 Å². The number of benzene rings is 1. The van der Waals surface area contributed by atoms with Crippen LogP contribution in [-0.4, -0.2) is 16.7 Å². The van der Waals surface area contributed by atoms with Gasteiger partial charge in [-0.1, -0.05) is 12.1 Å². The second-order valence-corrected chi connectivity index (χ2v) is 2.88. The molecule has 0 saturated heterocycles. The largest absolute Gasteiger partial charge is 0.330 e. The average molecular weight is 179 g/mol. The number of aromatic nitrogens is 2. The predicted octanol–water partition coefficient (Wildman–Crippen LogP) is 1.20. The molecular formula is C9H10FN3. The third kappa shape index (κ3) is 1.29. The summed E-state index contributed by atoms with van der Waals surface area (Å²) in [6.07, 6.45) is 0.694. The molecule has 68 valence electrons. The first kappa shape index (κ1) is 8.19. The summed E-state index contributed by atoms with van der Waals surface area (Å²) in [5.41, 5.74) is 6.70. The predicted molar refractivity (Wildman–Crippen MR) is 48.8 cm³/mol. The van der Waals surface area contributed by atoms with Crippen molar-refractivity contribution in [3.63, 3.8) is 0 Å². The molecule has 0 atom stereocenters. The number of nitrogens with one attached hydrogen (secondary N) is 1. The van der Waals surface area contributed by atoms with Crippen LogP contribution in [0.3, 0.4) is 0 Å². The third-order valence-corrected chi connectivity index (χ3v) is 2.01. The van der Waals surface area contributed by atoms with Gasteiger partial charge in [-0.05, 0) is 12.6 Å². The number of nitrogens with two attached hydrogens (primary N) is 1. The van der Waals surface area contributed by atoms with Crippen molar-refractivity contribution in [1.29, 1.82) is 0 Å². The SMILES string of the molecule is NCCc1[nH]nc2c(F)cccc12. The molecule has 0 fully saturated rings. The van der Waals surface area contributed by atoms with E-state index in [2.05, 4.69) is 10.2 Å². The van der Waals surface area contributed by atoms with Crippen LogP contribution in [0, 0.1) is 5.82 Å². The minimum absolute atomic E-state index is 0.294. The summed E-state index contributed by atoms with van der Waals surface area (Å²) in [5.74, 6) is -0.294. The number of hydrogen-bond donors (Lipinski definition) is 2. The van der Waals surface area contributed by atoms with Crippen molar-refractivity contribution in [3.05, 3.63) is 29.7 Å². The number of rotatable bonds is 2. The normalized spacial score (nSPS) is 10.9. The molecule has 0 bridgehead atoms. The van der Waals surface area contributed by atoms with Crippen LogP contribution in [0.5, 0.6) is 0 Å². The lowest BCUT2D eigenvalue weighted by Crippen LogP contribution is -2.03. The highest BCUT2D eigenvalue weighted by Crippen LogP contribution is 2.18. The topological polar surface area (TPSA) is 54.7 Å². The number of hydrogen-bond acceptors (Lipinski definition) is 2. The molecule has 0 saturated carbocycles. The van der Waals surface area contributed by atoms with Crippen molar-refractivity contribution in [1.82, 2.24) is 10.2 Å². The van der Waals surface area contributed by atoms with E-state index >= 15 is 0 Å². The smallest absolute Gasteiger partial charge is 0.151 e. The minimum atomic E-state index is -0.294. The highest BCUT2D eigenvalue weighted by Gasteiger charge is 2.07. The van der Waals surface area contributed by atoms with E-state index in [0.717, 1.165) is 11.1 Å². The van der Waals surface area contributed by atoms with Gasteiger partial charge in [0.05, 0.1) is 0 Å². The average Bonchev–Trinajstić information content (AvgIpc) is 2.51. The number of halogens is 1. The van der Waals surface area contributed by atoms with E-state index in [1.54, 1.807) is 6.07 Å². The van der Waals surface area contributed by atoms with Crippen molar-refractivity contribution in [3.8, 4) is 0 Å². The van der Waals surface area contributed by atoms with Crippen LogP contribution in [0.1, 0.15) is 5.69 Å². The van der Waals surface area contributed by atoms with Gasteiger partial charge in [-0.15, -0.1) is 0 Å². The minimum Gasteiger partial charge on any atom is -0.330 e. The van der Waals surface area contributed by atoms with Gasteiger partial charge in [-0.2, -0.15) is 5.10 Å². The Labute approximate surface area is 74.7 Å². The van der Waals surface area contributed by atoms with E-state index in [9.17, 15) is 4.39 Å². The van der Waals surface area contributed by atoms with E-state index in [-0.39, 0.29) is 5.82 Å². The van der Waals surface area contributed by atoms with Crippen LogP contribution in [0.2, 0.25) is 0 Å². The number of para-hydroxylation sites is 1. The Morgan fingerprint density at radius 2 is 2.31 bits per heavy atom. The van der Waals surface area contributed by atoms with E-state index in [4.69, 9.17) is 5.73 Å². The van der Waals surface area contributed by atoms with Gasteiger partial charge in [0, 0.05) is 17.5 Å². The monoisotopic (exact) mass is 179 g/mol. The Morgan fingerprint density at radius 3 is 3.08 bits per heavy atom. The molecule has 1 aromatic carbocycles. The van der Waals surface area contributed by atoms with Gasteiger partial charge in [0.1, 0.15) is 5.52 Å². The third-order valence-electron chi connectivity index (χ3n) is 2.01. The van der Waals surface area contributed by atoms with Crippen LogP contribution in [0.4, 0.5) is 4.39 Å². The molecule has 0 aliphatic rings. The van der Waals surface area contributed by atoms with Crippen LogP contribution in [0.25, 0.3) is 10.9 Å². The van der Waals surface area contributed by atoms with Gasteiger partial charge in [0.25, 0.3) is 0 Å². The molecule has 0 unspecified atom stereocenters. The van der Waals surface area contributed by atoms with Crippen LogP contribution in [0.15, 0.2) is 18.2 Å². The number of aromatic amines is 1. The van der Waals surface area contributed by atoms with E-state index in [1.165, 1.54) is 6.07 Å². The summed E-state index contributed by atoms with van der Waals surface area (Å²) < 4.78 is 13.1. The molecule has 3 N–H and O–H groups in total. The molecule has 0 amide bonds. The van der Waals surface area contributed by atoms with Gasteiger partial charge in [-0.3, -0.25) is 5.10 Å². The van der Waals surface area contributed by atoms with Gasteiger partial charge in [-0.25, -0.2) is 4.39 Å². The molecule has 0 aliphatic carbocycles. The molecule has 3 nitrogen and oxygen atoms in total. The van der Waals surface area contributed by atoms with Crippen molar-refractivity contribution >= 4 is 10.9 Å². The second-order valence-electron chi connectivity index (χ2n) is 2.88. The highest BCUT2D eigenvalue weighted by molar-refractivity contribution is 5.81. The zero-order chi connectivity index (χ0) is 9.26. The van der Waals surface area contributed by atoms with Gasteiger partial charge in [0.2, 0.25) is 0 Å². The van der Waals surface area contributed by atoms with Crippen molar-refractivity contribution in [2.45, 2.75) is 6.42 Å². The Bertz CT molecular complexity index is 422. The quantitative estimate of drug-likeness (QED) is 0.727. The van der Waals surface area contributed by atoms with Crippen molar-refractivity contribution in [2.24, 2.45) is 5.73 Å². The lowest BCUT2D eigenvalue weighted by molar-refractivity contribution is 0.636. The summed E-state index contributed by atoms with van der Waals surface area (Å²) in [5, 5.41) is 7.49. The van der Waals surface area contributed by atoms with E-state index in [0.29, 0.717) is 18.5 Å². The summed E-state index contributed by atoms with van der Waals surface area (Å²) >= 11 is 0. The first-order chi connectivity index (χ1) is 6.33. The number of nitrogens with zero attached hydrogens (tertiary/aromatic N) is 1. The number of fused-ring (bicyclic) bond motifs is 1. The first-order valence-corrected chi connectivity index (χ1v) is 4.14.